The number of anilines is 1. The molecule has 8 nitrogen and oxygen atoms in total. The van der Waals surface area contributed by atoms with E-state index in [9.17, 15) is 9.59 Å². The second kappa shape index (κ2) is 7.69. The van der Waals surface area contributed by atoms with Gasteiger partial charge in [-0.15, -0.1) is 5.48 Å². The average molecular weight is 344 g/mol. The van der Waals surface area contributed by atoms with Gasteiger partial charge in [0.1, 0.15) is 6.61 Å². The highest BCUT2D eigenvalue weighted by Gasteiger charge is 2.26. The first-order chi connectivity index (χ1) is 12.1. The van der Waals surface area contributed by atoms with E-state index in [1.54, 1.807) is 10.9 Å². The molecule has 0 aliphatic carbocycles. The molecule has 2 heterocycles. The predicted octanol–water partition coefficient (Wildman–Crippen LogP) is 2.54. The van der Waals surface area contributed by atoms with Gasteiger partial charge in [-0.05, 0) is 24.8 Å². The molecule has 0 bridgehead atoms. The Kier molecular flexibility index (Phi) is 5.17. The van der Waals surface area contributed by atoms with Crippen LogP contribution >= 0.6 is 0 Å². The fourth-order valence-corrected chi connectivity index (χ4v) is 2.73. The number of hydrogen-bond acceptors (Lipinski definition) is 5. The summed E-state index contributed by atoms with van der Waals surface area (Å²) in [5.41, 5.74) is 4.56. The van der Waals surface area contributed by atoms with Gasteiger partial charge in [-0.1, -0.05) is 30.3 Å². The largest absolute Gasteiger partial charge is 0.443 e. The molecule has 2 aromatic rings. The van der Waals surface area contributed by atoms with Crippen molar-refractivity contribution in [2.75, 3.05) is 11.4 Å². The third-order valence-electron chi connectivity index (χ3n) is 4.03. The SMILES string of the molecule is Cn1ncc2c1CCCCN2C(=O)ONC(=O)OCc1ccccc1. The van der Waals surface area contributed by atoms with Crippen LogP contribution in [0.25, 0.3) is 0 Å². The smallest absolute Gasteiger partial charge is 0.441 e. The van der Waals surface area contributed by atoms with Crippen LogP contribution in [0.5, 0.6) is 0 Å². The first kappa shape index (κ1) is 16.8. The third kappa shape index (κ3) is 4.09. The van der Waals surface area contributed by atoms with E-state index < -0.39 is 12.2 Å². The van der Waals surface area contributed by atoms with Gasteiger partial charge in [-0.2, -0.15) is 5.10 Å². The standard InChI is InChI=1S/C17H20N4O4/c1-20-14-9-5-6-10-21(15(14)11-18-20)17(23)25-19-16(22)24-12-13-7-3-2-4-8-13/h2-4,7-8,11H,5-6,9-10,12H2,1H3,(H,19,22). The summed E-state index contributed by atoms with van der Waals surface area (Å²) in [5, 5.41) is 4.19. The summed E-state index contributed by atoms with van der Waals surface area (Å²) >= 11 is 0. The minimum Gasteiger partial charge on any atom is -0.443 e. The first-order valence-electron chi connectivity index (χ1n) is 8.11. The quantitative estimate of drug-likeness (QED) is 0.846. The van der Waals surface area contributed by atoms with Crippen molar-refractivity contribution in [2.45, 2.75) is 25.9 Å². The van der Waals surface area contributed by atoms with E-state index in [2.05, 4.69) is 5.10 Å². The number of nitrogens with one attached hydrogen (secondary N) is 1. The van der Waals surface area contributed by atoms with Gasteiger partial charge in [0, 0.05) is 13.6 Å². The van der Waals surface area contributed by atoms with Crippen LogP contribution in [-0.2, 0) is 29.6 Å². The average Bonchev–Trinajstić information content (AvgIpc) is 2.86. The Morgan fingerprint density at radius 3 is 2.84 bits per heavy atom. The van der Waals surface area contributed by atoms with Crippen LogP contribution in [0.15, 0.2) is 36.5 Å². The van der Waals surface area contributed by atoms with Gasteiger partial charge in [0.25, 0.3) is 0 Å². The number of nitrogens with zero attached hydrogens (tertiary/aromatic N) is 3. The van der Waals surface area contributed by atoms with E-state index >= 15 is 0 Å². The number of ether oxygens (including phenoxy) is 1. The van der Waals surface area contributed by atoms with Crippen molar-refractivity contribution >= 4 is 17.9 Å². The molecule has 1 aromatic carbocycles. The molecule has 0 atom stereocenters. The number of rotatable bonds is 2. The molecule has 0 saturated carbocycles. The lowest BCUT2D eigenvalue weighted by Crippen LogP contribution is -2.38. The van der Waals surface area contributed by atoms with Crippen LogP contribution in [0.4, 0.5) is 15.3 Å². The summed E-state index contributed by atoms with van der Waals surface area (Å²) in [6.45, 7) is 0.610. The Bertz CT molecular complexity index is 744. The summed E-state index contributed by atoms with van der Waals surface area (Å²) in [6.07, 6.45) is 2.81. The maximum atomic E-state index is 12.3. The fraction of sp³-hybridized carbons (Fsp3) is 0.353. The van der Waals surface area contributed by atoms with Crippen LogP contribution in [-0.4, -0.2) is 28.5 Å². The van der Waals surface area contributed by atoms with E-state index in [0.29, 0.717) is 12.2 Å². The van der Waals surface area contributed by atoms with Gasteiger partial charge in [0.05, 0.1) is 17.6 Å². The normalized spacial score (nSPS) is 13.6. The van der Waals surface area contributed by atoms with Crippen LogP contribution in [0, 0.1) is 0 Å². The second-order valence-electron chi connectivity index (χ2n) is 5.74. The maximum Gasteiger partial charge on any atom is 0.441 e. The predicted molar refractivity (Wildman–Crippen MR) is 89.7 cm³/mol. The van der Waals surface area contributed by atoms with Gasteiger partial charge in [-0.25, -0.2) is 9.59 Å². The molecule has 1 aromatic heterocycles. The van der Waals surface area contributed by atoms with Gasteiger partial charge in [-0.3, -0.25) is 9.58 Å². The van der Waals surface area contributed by atoms with Crippen LogP contribution in [0.1, 0.15) is 24.1 Å². The van der Waals surface area contributed by atoms with Gasteiger partial charge in [0.2, 0.25) is 0 Å². The number of hydroxylamine groups is 1. The molecule has 0 fully saturated rings. The molecule has 2 amide bonds. The zero-order chi connectivity index (χ0) is 17.6. The molecule has 1 aliphatic rings. The molecule has 25 heavy (non-hydrogen) atoms. The maximum absolute atomic E-state index is 12.3. The molecular formula is C17H20N4O4. The van der Waals surface area contributed by atoms with Crippen LogP contribution < -0.4 is 10.4 Å². The summed E-state index contributed by atoms with van der Waals surface area (Å²) in [4.78, 5) is 30.3. The zero-order valence-electron chi connectivity index (χ0n) is 14.0. The molecule has 3 rings (SSSR count). The number of carbonyl (C=O) groups excluding carboxylic acids is 2. The van der Waals surface area contributed by atoms with Crippen molar-refractivity contribution in [1.82, 2.24) is 15.3 Å². The Morgan fingerprint density at radius 1 is 1.24 bits per heavy atom. The van der Waals surface area contributed by atoms with E-state index in [0.717, 1.165) is 30.5 Å². The van der Waals surface area contributed by atoms with E-state index in [1.807, 2.05) is 42.9 Å². The first-order valence-corrected chi connectivity index (χ1v) is 8.11. The lowest BCUT2D eigenvalue weighted by Gasteiger charge is -2.19. The summed E-state index contributed by atoms with van der Waals surface area (Å²) < 4.78 is 6.75. The molecule has 0 saturated heterocycles. The highest BCUT2D eigenvalue weighted by molar-refractivity contribution is 5.89. The summed E-state index contributed by atoms with van der Waals surface area (Å²) in [7, 11) is 1.84. The topological polar surface area (TPSA) is 85.7 Å². The molecule has 132 valence electrons. The van der Waals surface area contributed by atoms with Gasteiger partial charge >= 0.3 is 12.2 Å². The molecule has 0 unspecified atom stereocenters. The van der Waals surface area contributed by atoms with E-state index in [1.165, 1.54) is 4.90 Å². The molecule has 0 radical (unpaired) electrons. The minimum absolute atomic E-state index is 0.0979. The van der Waals surface area contributed by atoms with Crippen molar-refractivity contribution in [3.63, 3.8) is 0 Å². The number of fused-ring (bicyclic) bond motifs is 1. The molecule has 0 spiro atoms. The van der Waals surface area contributed by atoms with Crippen LogP contribution in [0.3, 0.4) is 0 Å². The Labute approximate surface area is 145 Å². The fourth-order valence-electron chi connectivity index (χ4n) is 2.73. The number of benzene rings is 1. The number of aromatic nitrogens is 2. The van der Waals surface area contributed by atoms with E-state index in [4.69, 9.17) is 9.57 Å². The zero-order valence-corrected chi connectivity index (χ0v) is 14.0. The lowest BCUT2D eigenvalue weighted by atomic mass is 10.2. The summed E-state index contributed by atoms with van der Waals surface area (Å²) in [6, 6.07) is 9.24. The van der Waals surface area contributed by atoms with Crippen LogP contribution in [0.2, 0.25) is 0 Å². The lowest BCUT2D eigenvalue weighted by molar-refractivity contribution is 0.0635. The third-order valence-corrected chi connectivity index (χ3v) is 4.03. The van der Waals surface area contributed by atoms with Crippen molar-refractivity contribution in [2.24, 2.45) is 7.05 Å². The number of aryl methyl sites for hydroxylation is 1. The Hall–Kier alpha value is -3.03. The highest BCUT2D eigenvalue weighted by atomic mass is 16.7. The monoisotopic (exact) mass is 344 g/mol. The number of hydrogen-bond donors (Lipinski definition) is 1. The summed E-state index contributed by atoms with van der Waals surface area (Å²) in [5.74, 6) is 0. The molecule has 1 aliphatic heterocycles. The molecule has 8 heteroatoms. The van der Waals surface area contributed by atoms with Crippen molar-refractivity contribution < 1.29 is 19.2 Å². The van der Waals surface area contributed by atoms with E-state index in [-0.39, 0.29) is 6.61 Å². The Balaban J connectivity index is 1.53. The highest BCUT2D eigenvalue weighted by Crippen LogP contribution is 2.25. The number of carbonyl (C=O) groups is 2. The second-order valence-corrected chi connectivity index (χ2v) is 5.74. The number of amides is 2. The van der Waals surface area contributed by atoms with Gasteiger partial charge in [0.15, 0.2) is 0 Å². The molecule has 1 N–H and O–H groups in total. The minimum atomic E-state index is -0.821. The molecular weight excluding hydrogens is 324 g/mol. The van der Waals surface area contributed by atoms with Crippen molar-refractivity contribution in [3.8, 4) is 0 Å². The van der Waals surface area contributed by atoms with Crippen molar-refractivity contribution in [1.29, 1.82) is 0 Å². The van der Waals surface area contributed by atoms with Crippen molar-refractivity contribution in [3.05, 3.63) is 47.8 Å². The Morgan fingerprint density at radius 2 is 2.04 bits per heavy atom. The van der Waals surface area contributed by atoms with Gasteiger partial charge < -0.3 is 9.57 Å².